The number of benzene rings is 1. The Morgan fingerprint density at radius 2 is 2.00 bits per heavy atom. The van der Waals surface area contributed by atoms with E-state index in [9.17, 15) is 4.79 Å². The van der Waals surface area contributed by atoms with Crippen LogP contribution in [0.1, 0.15) is 45.2 Å². The average molecular weight is 292 g/mol. The second-order valence-electron chi connectivity index (χ2n) is 5.07. The Hall–Kier alpha value is -1.55. The van der Waals surface area contributed by atoms with Gasteiger partial charge in [-0.05, 0) is 37.2 Å². The first kappa shape index (κ1) is 17.5. The van der Waals surface area contributed by atoms with E-state index in [0.717, 1.165) is 25.3 Å². The summed E-state index contributed by atoms with van der Waals surface area (Å²) < 4.78 is 5.31. The van der Waals surface area contributed by atoms with Crippen molar-refractivity contribution in [3.63, 3.8) is 0 Å². The summed E-state index contributed by atoms with van der Waals surface area (Å²) in [7, 11) is 1.68. The molecule has 0 saturated heterocycles. The molecule has 21 heavy (non-hydrogen) atoms. The lowest BCUT2D eigenvalue weighted by atomic mass is 10.0. The molecule has 0 fully saturated rings. The first-order valence-corrected chi connectivity index (χ1v) is 7.80. The highest BCUT2D eigenvalue weighted by Gasteiger charge is 2.19. The zero-order valence-electron chi connectivity index (χ0n) is 13.7. The van der Waals surface area contributed by atoms with Crippen molar-refractivity contribution >= 4 is 5.91 Å². The van der Waals surface area contributed by atoms with E-state index < -0.39 is 0 Å². The van der Waals surface area contributed by atoms with Gasteiger partial charge in [0.2, 0.25) is 5.91 Å². The van der Waals surface area contributed by atoms with Crippen LogP contribution < -0.4 is 10.1 Å². The van der Waals surface area contributed by atoms with Crippen molar-refractivity contribution in [2.45, 2.75) is 39.7 Å². The largest absolute Gasteiger partial charge is 0.497 e. The zero-order chi connectivity index (χ0) is 15.7. The van der Waals surface area contributed by atoms with Gasteiger partial charge >= 0.3 is 0 Å². The molecule has 0 aromatic heterocycles. The van der Waals surface area contributed by atoms with Crippen LogP contribution in [-0.4, -0.2) is 37.6 Å². The van der Waals surface area contributed by atoms with Gasteiger partial charge in [-0.15, -0.1) is 0 Å². The predicted molar refractivity (Wildman–Crippen MR) is 86.6 cm³/mol. The topological polar surface area (TPSA) is 41.6 Å². The number of carbonyl (C=O) groups excluding carboxylic acids is 1. The van der Waals surface area contributed by atoms with Crippen molar-refractivity contribution in [2.24, 2.45) is 0 Å². The summed E-state index contributed by atoms with van der Waals surface area (Å²) in [6.07, 6.45) is 1.46. The minimum Gasteiger partial charge on any atom is -0.497 e. The molecule has 1 unspecified atom stereocenters. The van der Waals surface area contributed by atoms with E-state index in [1.807, 2.05) is 19.1 Å². The smallest absolute Gasteiger partial charge is 0.220 e. The number of amides is 1. The molecule has 1 N–H and O–H groups in total. The molecule has 1 rings (SSSR count). The molecule has 1 aromatic rings. The molecular weight excluding hydrogens is 264 g/mol. The van der Waals surface area contributed by atoms with Crippen molar-refractivity contribution in [3.05, 3.63) is 29.8 Å². The maximum Gasteiger partial charge on any atom is 0.220 e. The highest BCUT2D eigenvalue weighted by Crippen LogP contribution is 2.23. The highest BCUT2D eigenvalue weighted by atomic mass is 16.5. The molecule has 0 heterocycles. The average Bonchev–Trinajstić information content (AvgIpc) is 2.51. The number of nitrogens with one attached hydrogen (secondary N) is 1. The molecule has 0 radical (unpaired) electrons. The van der Waals surface area contributed by atoms with E-state index in [4.69, 9.17) is 4.74 Å². The Kier molecular flexibility index (Phi) is 7.83. The fourth-order valence-electron chi connectivity index (χ4n) is 2.50. The van der Waals surface area contributed by atoms with Gasteiger partial charge in [-0.2, -0.15) is 0 Å². The molecular formula is C17H28N2O2. The van der Waals surface area contributed by atoms with Gasteiger partial charge in [-0.25, -0.2) is 0 Å². The van der Waals surface area contributed by atoms with Gasteiger partial charge in [0.25, 0.3) is 0 Å². The van der Waals surface area contributed by atoms with E-state index in [2.05, 4.69) is 36.2 Å². The van der Waals surface area contributed by atoms with Crippen molar-refractivity contribution < 1.29 is 9.53 Å². The zero-order valence-corrected chi connectivity index (χ0v) is 13.7. The Morgan fingerprint density at radius 3 is 2.57 bits per heavy atom. The molecule has 0 aliphatic rings. The fraction of sp³-hybridized carbons (Fsp3) is 0.588. The van der Waals surface area contributed by atoms with Crippen LogP contribution in [0, 0.1) is 0 Å². The molecule has 0 aliphatic heterocycles. The highest BCUT2D eigenvalue weighted by molar-refractivity contribution is 5.75. The van der Waals surface area contributed by atoms with Crippen LogP contribution in [0.3, 0.4) is 0 Å². The summed E-state index contributed by atoms with van der Waals surface area (Å²) in [6, 6.07) is 8.26. The third-order valence-corrected chi connectivity index (χ3v) is 3.70. The number of nitrogens with zero attached hydrogens (tertiary/aromatic N) is 1. The first-order valence-electron chi connectivity index (χ1n) is 7.80. The monoisotopic (exact) mass is 292 g/mol. The summed E-state index contributed by atoms with van der Waals surface area (Å²) in [6.45, 7) is 8.83. The summed E-state index contributed by atoms with van der Waals surface area (Å²) in [5, 5.41) is 3.05. The normalized spacial score (nSPS) is 12.2. The SMILES string of the molecule is CCCC(=O)NCC(c1cccc(OC)c1)N(CC)CC. The second kappa shape index (κ2) is 9.40. The van der Waals surface area contributed by atoms with Gasteiger partial charge in [-0.3, -0.25) is 9.69 Å². The van der Waals surface area contributed by atoms with E-state index in [0.29, 0.717) is 13.0 Å². The minimum absolute atomic E-state index is 0.123. The van der Waals surface area contributed by atoms with E-state index in [1.165, 1.54) is 5.56 Å². The third kappa shape index (κ3) is 5.38. The van der Waals surface area contributed by atoms with E-state index in [1.54, 1.807) is 7.11 Å². The lowest BCUT2D eigenvalue weighted by Crippen LogP contribution is -2.38. The van der Waals surface area contributed by atoms with Crippen LogP contribution in [0.5, 0.6) is 5.75 Å². The molecule has 4 nitrogen and oxygen atoms in total. The molecule has 1 atom stereocenters. The number of hydrogen-bond donors (Lipinski definition) is 1. The lowest BCUT2D eigenvalue weighted by Gasteiger charge is -2.30. The van der Waals surface area contributed by atoms with Gasteiger partial charge in [0, 0.05) is 13.0 Å². The summed E-state index contributed by atoms with van der Waals surface area (Å²) >= 11 is 0. The fourth-order valence-corrected chi connectivity index (χ4v) is 2.50. The second-order valence-corrected chi connectivity index (χ2v) is 5.07. The quantitative estimate of drug-likeness (QED) is 0.761. The maximum atomic E-state index is 11.7. The van der Waals surface area contributed by atoms with Crippen LogP contribution >= 0.6 is 0 Å². The third-order valence-electron chi connectivity index (χ3n) is 3.70. The van der Waals surface area contributed by atoms with Crippen LogP contribution in [0.25, 0.3) is 0 Å². The predicted octanol–water partition coefficient (Wildman–Crippen LogP) is 2.99. The summed E-state index contributed by atoms with van der Waals surface area (Å²) in [4.78, 5) is 14.1. The number of ether oxygens (including phenoxy) is 1. The van der Waals surface area contributed by atoms with Crippen molar-refractivity contribution in [3.8, 4) is 5.75 Å². The molecule has 0 bridgehead atoms. The number of hydrogen-bond acceptors (Lipinski definition) is 3. The molecule has 0 spiro atoms. The molecule has 1 aromatic carbocycles. The lowest BCUT2D eigenvalue weighted by molar-refractivity contribution is -0.121. The number of methoxy groups -OCH3 is 1. The van der Waals surface area contributed by atoms with Crippen molar-refractivity contribution in [1.82, 2.24) is 10.2 Å². The Balaban J connectivity index is 2.87. The standard InChI is InChI=1S/C17H28N2O2/c1-5-9-17(20)18-13-16(19(6-2)7-3)14-10-8-11-15(12-14)21-4/h8,10-12,16H,5-7,9,13H2,1-4H3,(H,18,20). The number of rotatable bonds is 9. The maximum absolute atomic E-state index is 11.7. The molecule has 118 valence electrons. The van der Waals surface area contributed by atoms with Crippen LogP contribution in [0.15, 0.2) is 24.3 Å². The van der Waals surface area contributed by atoms with Gasteiger partial charge in [0.15, 0.2) is 0 Å². The molecule has 1 amide bonds. The van der Waals surface area contributed by atoms with Gasteiger partial charge < -0.3 is 10.1 Å². The van der Waals surface area contributed by atoms with Crippen LogP contribution in [0.2, 0.25) is 0 Å². The molecule has 4 heteroatoms. The van der Waals surface area contributed by atoms with Crippen LogP contribution in [0.4, 0.5) is 0 Å². The van der Waals surface area contributed by atoms with Gasteiger partial charge in [0.1, 0.15) is 5.75 Å². The van der Waals surface area contributed by atoms with E-state index in [-0.39, 0.29) is 11.9 Å². The number of carbonyl (C=O) groups is 1. The number of likely N-dealkylation sites (N-methyl/N-ethyl adjacent to an activating group) is 1. The van der Waals surface area contributed by atoms with Crippen LogP contribution in [-0.2, 0) is 4.79 Å². The molecule has 0 aliphatic carbocycles. The van der Waals surface area contributed by atoms with E-state index >= 15 is 0 Å². The Morgan fingerprint density at radius 1 is 1.29 bits per heavy atom. The van der Waals surface area contributed by atoms with Crippen molar-refractivity contribution in [2.75, 3.05) is 26.7 Å². The summed E-state index contributed by atoms with van der Waals surface area (Å²) in [5.41, 5.74) is 1.18. The van der Waals surface area contributed by atoms with Gasteiger partial charge in [0.05, 0.1) is 13.2 Å². The van der Waals surface area contributed by atoms with Gasteiger partial charge in [-0.1, -0.05) is 32.9 Å². The van der Waals surface area contributed by atoms with Crippen molar-refractivity contribution in [1.29, 1.82) is 0 Å². The Labute approximate surface area is 128 Å². The Bertz CT molecular complexity index is 431. The summed E-state index contributed by atoms with van der Waals surface area (Å²) in [5.74, 6) is 0.974. The first-order chi connectivity index (χ1) is 10.2. The minimum atomic E-state index is 0.123. The molecule has 0 saturated carbocycles.